The molecule has 3 rings (SSSR count). The summed E-state index contributed by atoms with van der Waals surface area (Å²) < 4.78 is 0. The summed E-state index contributed by atoms with van der Waals surface area (Å²) >= 11 is 12.1. The van der Waals surface area contributed by atoms with E-state index >= 15 is 0 Å². The Hall–Kier alpha value is -1.71. The first-order valence-electron chi connectivity index (χ1n) is 5.76. The standard InChI is InChI=1S/C14H11Cl2N3/c1-7-2-3-12-13(4-7)19-14(18-12)8-5-11(17)10(16)6-9(8)15/h2-6H,17H2,1H3,(H,18,19). The molecule has 5 heteroatoms. The Kier molecular flexibility index (Phi) is 2.88. The van der Waals surface area contributed by atoms with Gasteiger partial charge in [0.15, 0.2) is 0 Å². The van der Waals surface area contributed by atoms with Gasteiger partial charge in [-0.3, -0.25) is 0 Å². The number of hydrogen-bond donors (Lipinski definition) is 2. The van der Waals surface area contributed by atoms with Crippen molar-refractivity contribution in [3.63, 3.8) is 0 Å². The number of imidazole rings is 1. The van der Waals surface area contributed by atoms with Gasteiger partial charge in [0.05, 0.1) is 26.8 Å². The number of hydrogen-bond acceptors (Lipinski definition) is 2. The molecule has 0 saturated heterocycles. The van der Waals surface area contributed by atoms with Crippen LogP contribution >= 0.6 is 23.2 Å². The summed E-state index contributed by atoms with van der Waals surface area (Å²) in [6.07, 6.45) is 0. The normalized spacial score (nSPS) is 11.1. The number of halogens is 2. The van der Waals surface area contributed by atoms with Crippen LogP contribution in [0.3, 0.4) is 0 Å². The summed E-state index contributed by atoms with van der Waals surface area (Å²) in [5, 5.41) is 0.968. The molecule has 0 aliphatic rings. The second-order valence-electron chi connectivity index (χ2n) is 4.46. The Morgan fingerprint density at radius 2 is 1.89 bits per heavy atom. The van der Waals surface area contributed by atoms with E-state index in [2.05, 4.69) is 9.97 Å². The lowest BCUT2D eigenvalue weighted by molar-refractivity contribution is 1.34. The summed E-state index contributed by atoms with van der Waals surface area (Å²) in [5.74, 6) is 0.689. The van der Waals surface area contributed by atoms with Crippen molar-refractivity contribution in [2.45, 2.75) is 6.92 Å². The van der Waals surface area contributed by atoms with E-state index < -0.39 is 0 Å². The molecule has 1 aromatic heterocycles. The quantitative estimate of drug-likeness (QED) is 0.652. The van der Waals surface area contributed by atoms with Gasteiger partial charge >= 0.3 is 0 Å². The van der Waals surface area contributed by atoms with Crippen LogP contribution in [-0.2, 0) is 0 Å². The molecular weight excluding hydrogens is 281 g/mol. The largest absolute Gasteiger partial charge is 0.398 e. The van der Waals surface area contributed by atoms with Crippen LogP contribution in [0.4, 0.5) is 5.69 Å². The topological polar surface area (TPSA) is 54.7 Å². The van der Waals surface area contributed by atoms with E-state index in [0.29, 0.717) is 21.6 Å². The van der Waals surface area contributed by atoms with Crippen molar-refractivity contribution in [3.05, 3.63) is 45.9 Å². The van der Waals surface area contributed by atoms with Crippen molar-refractivity contribution in [2.75, 3.05) is 5.73 Å². The molecule has 2 aromatic carbocycles. The average Bonchev–Trinajstić information content (AvgIpc) is 2.76. The van der Waals surface area contributed by atoms with E-state index in [4.69, 9.17) is 28.9 Å². The average molecular weight is 292 g/mol. The molecule has 0 amide bonds. The molecule has 0 aliphatic heterocycles. The molecule has 0 fully saturated rings. The van der Waals surface area contributed by atoms with Crippen LogP contribution in [0.1, 0.15) is 5.56 Å². The minimum Gasteiger partial charge on any atom is -0.398 e. The van der Waals surface area contributed by atoms with Crippen LogP contribution in [0.15, 0.2) is 30.3 Å². The molecule has 0 spiro atoms. The minimum atomic E-state index is 0.445. The zero-order chi connectivity index (χ0) is 13.6. The number of H-pyrrole nitrogens is 1. The third kappa shape index (κ3) is 2.15. The lowest BCUT2D eigenvalue weighted by Gasteiger charge is -2.04. The highest BCUT2D eigenvalue weighted by atomic mass is 35.5. The number of nitrogens with two attached hydrogens (primary N) is 1. The van der Waals surface area contributed by atoms with Gasteiger partial charge < -0.3 is 10.7 Å². The third-order valence-electron chi connectivity index (χ3n) is 2.98. The van der Waals surface area contributed by atoms with Crippen LogP contribution in [0.5, 0.6) is 0 Å². The molecule has 3 nitrogen and oxygen atoms in total. The van der Waals surface area contributed by atoms with E-state index in [1.807, 2.05) is 25.1 Å². The van der Waals surface area contributed by atoms with E-state index in [-0.39, 0.29) is 0 Å². The van der Waals surface area contributed by atoms with Gasteiger partial charge in [0.25, 0.3) is 0 Å². The maximum Gasteiger partial charge on any atom is 0.140 e. The van der Waals surface area contributed by atoms with Crippen LogP contribution in [0, 0.1) is 6.92 Å². The number of fused-ring (bicyclic) bond motifs is 1. The first-order chi connectivity index (χ1) is 9.04. The first kappa shape index (κ1) is 12.3. The maximum absolute atomic E-state index is 6.19. The lowest BCUT2D eigenvalue weighted by atomic mass is 10.2. The number of aromatic nitrogens is 2. The van der Waals surface area contributed by atoms with Crippen molar-refractivity contribution in [1.29, 1.82) is 0 Å². The van der Waals surface area contributed by atoms with Gasteiger partial charge in [-0.25, -0.2) is 4.98 Å². The number of aryl methyl sites for hydroxylation is 1. The molecular formula is C14H11Cl2N3. The molecule has 19 heavy (non-hydrogen) atoms. The van der Waals surface area contributed by atoms with Crippen LogP contribution in [0.2, 0.25) is 10.0 Å². The SMILES string of the molecule is Cc1ccc2nc(-c3cc(N)c(Cl)cc3Cl)[nH]c2c1. The Morgan fingerprint density at radius 3 is 2.68 bits per heavy atom. The fourth-order valence-electron chi connectivity index (χ4n) is 2.00. The van der Waals surface area contributed by atoms with Crippen molar-refractivity contribution in [1.82, 2.24) is 9.97 Å². The number of aromatic amines is 1. The molecule has 3 N–H and O–H groups in total. The zero-order valence-corrected chi connectivity index (χ0v) is 11.7. The maximum atomic E-state index is 6.19. The molecule has 0 bridgehead atoms. The molecule has 96 valence electrons. The summed E-state index contributed by atoms with van der Waals surface area (Å²) in [7, 11) is 0. The highest BCUT2D eigenvalue weighted by Crippen LogP contribution is 2.33. The number of rotatable bonds is 1. The van der Waals surface area contributed by atoms with Crippen molar-refractivity contribution in [2.24, 2.45) is 0 Å². The Balaban J connectivity index is 2.21. The second kappa shape index (κ2) is 4.44. The van der Waals surface area contributed by atoms with E-state index in [1.165, 1.54) is 5.56 Å². The predicted molar refractivity (Wildman–Crippen MR) is 80.7 cm³/mol. The highest BCUT2D eigenvalue weighted by molar-refractivity contribution is 6.37. The highest BCUT2D eigenvalue weighted by Gasteiger charge is 2.11. The number of anilines is 1. The van der Waals surface area contributed by atoms with Gasteiger partial charge in [-0.2, -0.15) is 0 Å². The summed E-state index contributed by atoms with van der Waals surface area (Å²) in [5.41, 5.74) is 10.1. The fourth-order valence-corrected chi connectivity index (χ4v) is 2.47. The van der Waals surface area contributed by atoms with Crippen molar-refractivity contribution < 1.29 is 0 Å². The molecule has 0 unspecified atom stereocenters. The monoisotopic (exact) mass is 291 g/mol. The van der Waals surface area contributed by atoms with Gasteiger partial charge in [0.2, 0.25) is 0 Å². The Bertz CT molecular complexity index is 778. The number of nitrogens with one attached hydrogen (secondary N) is 1. The molecule has 0 aliphatic carbocycles. The van der Waals surface area contributed by atoms with Gasteiger partial charge in [0.1, 0.15) is 5.82 Å². The summed E-state index contributed by atoms with van der Waals surface area (Å²) in [4.78, 5) is 7.76. The molecule has 0 radical (unpaired) electrons. The van der Waals surface area contributed by atoms with Crippen LogP contribution in [0.25, 0.3) is 22.4 Å². The summed E-state index contributed by atoms with van der Waals surface area (Å²) in [6, 6.07) is 9.39. The van der Waals surface area contributed by atoms with Crippen LogP contribution < -0.4 is 5.73 Å². The smallest absolute Gasteiger partial charge is 0.140 e. The molecule has 3 aromatic rings. The molecule has 0 saturated carbocycles. The first-order valence-corrected chi connectivity index (χ1v) is 6.51. The molecule has 1 heterocycles. The van der Waals surface area contributed by atoms with E-state index in [9.17, 15) is 0 Å². The summed E-state index contributed by atoms with van der Waals surface area (Å²) in [6.45, 7) is 2.03. The van der Waals surface area contributed by atoms with E-state index in [1.54, 1.807) is 12.1 Å². The minimum absolute atomic E-state index is 0.445. The van der Waals surface area contributed by atoms with Crippen LogP contribution in [-0.4, -0.2) is 9.97 Å². The lowest BCUT2D eigenvalue weighted by Crippen LogP contribution is -1.89. The van der Waals surface area contributed by atoms with Gasteiger partial charge in [-0.15, -0.1) is 0 Å². The fraction of sp³-hybridized carbons (Fsp3) is 0.0714. The second-order valence-corrected chi connectivity index (χ2v) is 5.27. The van der Waals surface area contributed by atoms with Crippen molar-refractivity contribution >= 4 is 39.9 Å². The Labute approximate surface area is 120 Å². The van der Waals surface area contributed by atoms with Gasteiger partial charge in [-0.1, -0.05) is 29.3 Å². The Morgan fingerprint density at radius 1 is 1.11 bits per heavy atom. The van der Waals surface area contributed by atoms with Gasteiger partial charge in [-0.05, 0) is 36.8 Å². The van der Waals surface area contributed by atoms with Crippen molar-refractivity contribution in [3.8, 4) is 11.4 Å². The zero-order valence-electron chi connectivity index (χ0n) is 10.2. The number of benzene rings is 2. The molecule has 0 atom stereocenters. The van der Waals surface area contributed by atoms with E-state index in [0.717, 1.165) is 16.6 Å². The van der Waals surface area contributed by atoms with Gasteiger partial charge in [0, 0.05) is 5.56 Å². The number of nitrogen functional groups attached to an aromatic ring is 1. The number of nitrogens with zero attached hydrogens (tertiary/aromatic N) is 1. The predicted octanol–water partition coefficient (Wildman–Crippen LogP) is 4.43. The third-order valence-corrected chi connectivity index (χ3v) is 3.62.